The van der Waals surface area contributed by atoms with E-state index in [4.69, 9.17) is 4.74 Å². The molecule has 0 radical (unpaired) electrons. The highest BCUT2D eigenvalue weighted by atomic mass is 16.5. The van der Waals surface area contributed by atoms with Crippen LogP contribution in [0.2, 0.25) is 0 Å². The molecule has 0 spiro atoms. The van der Waals surface area contributed by atoms with Crippen LogP contribution in [0.4, 0.5) is 0 Å². The Morgan fingerprint density at radius 2 is 1.82 bits per heavy atom. The number of methoxy groups -OCH3 is 1. The maximum atomic E-state index is 13.0. The van der Waals surface area contributed by atoms with E-state index in [2.05, 4.69) is 27.2 Å². The lowest BCUT2D eigenvalue weighted by molar-refractivity contribution is -0.141. The molecule has 3 rings (SSSR count). The molecule has 1 aliphatic rings. The molecule has 1 saturated carbocycles. The summed E-state index contributed by atoms with van der Waals surface area (Å²) < 4.78 is 10.8. The summed E-state index contributed by atoms with van der Waals surface area (Å²) >= 11 is 0. The molecule has 0 aliphatic heterocycles. The number of unbranched alkanes of at least 4 members (excludes halogenated alkanes) is 1. The Morgan fingerprint density at radius 1 is 1.12 bits per heavy atom. The third kappa shape index (κ3) is 6.12. The summed E-state index contributed by atoms with van der Waals surface area (Å²) in [6, 6.07) is 10.2. The number of rotatable bonds is 9. The van der Waals surface area contributed by atoms with E-state index >= 15 is 0 Å². The number of amides is 1. The van der Waals surface area contributed by atoms with Gasteiger partial charge in [0.25, 0.3) is 11.5 Å². The summed E-state index contributed by atoms with van der Waals surface area (Å²) in [5.41, 5.74) is -0.621. The topological polar surface area (TPSA) is 119 Å². The molecule has 0 unspecified atom stereocenters. The summed E-state index contributed by atoms with van der Waals surface area (Å²) in [5, 5.41) is 2.93. The van der Waals surface area contributed by atoms with Gasteiger partial charge < -0.3 is 14.8 Å². The van der Waals surface area contributed by atoms with Gasteiger partial charge in [-0.2, -0.15) is 0 Å². The second-order valence-corrected chi connectivity index (χ2v) is 8.24. The molecule has 0 bridgehead atoms. The van der Waals surface area contributed by atoms with Crippen LogP contribution in [-0.4, -0.2) is 41.2 Å². The number of esters is 1. The predicted molar refractivity (Wildman–Crippen MR) is 123 cm³/mol. The number of ether oxygens (including phenoxy) is 2. The molecule has 1 aliphatic carbocycles. The zero-order valence-electron chi connectivity index (χ0n) is 19.1. The fourth-order valence-corrected chi connectivity index (χ4v) is 4.06. The first-order valence-electron chi connectivity index (χ1n) is 11.4. The maximum absolute atomic E-state index is 13.0. The van der Waals surface area contributed by atoms with Crippen molar-refractivity contribution in [1.29, 1.82) is 0 Å². The van der Waals surface area contributed by atoms with Crippen molar-refractivity contribution >= 4 is 11.9 Å². The molecule has 9 nitrogen and oxygen atoms in total. The average Bonchev–Trinajstić information content (AvgIpc) is 2.83. The van der Waals surface area contributed by atoms with Gasteiger partial charge in [-0.1, -0.05) is 43.7 Å². The first-order valence-corrected chi connectivity index (χ1v) is 11.4. The third-order valence-corrected chi connectivity index (χ3v) is 5.96. The van der Waals surface area contributed by atoms with Crippen LogP contribution < -0.4 is 21.3 Å². The highest BCUT2D eigenvalue weighted by molar-refractivity contribution is 5.95. The van der Waals surface area contributed by atoms with Gasteiger partial charge >= 0.3 is 11.7 Å². The van der Waals surface area contributed by atoms with Crippen molar-refractivity contribution < 1.29 is 19.1 Å². The molecule has 1 fully saturated rings. The molecule has 1 amide bonds. The Bertz CT molecular complexity index is 1070. The molecule has 0 atom stereocenters. The number of H-pyrrole nitrogens is 1. The lowest BCUT2D eigenvalue weighted by Gasteiger charge is -2.29. The van der Waals surface area contributed by atoms with Crippen LogP contribution in [0.15, 0.2) is 39.9 Å². The van der Waals surface area contributed by atoms with Crippen LogP contribution in [0.25, 0.3) is 0 Å². The predicted octanol–water partition coefficient (Wildman–Crippen LogP) is 2.34. The third-order valence-electron chi connectivity index (χ3n) is 5.96. The number of nitrogens with zero attached hydrogens (tertiary/aromatic N) is 1. The number of benzene rings is 1. The lowest BCUT2D eigenvalue weighted by atomic mass is 9.82. The fraction of sp³-hybridized carbons (Fsp3) is 0.500. The molecule has 1 aromatic carbocycles. The van der Waals surface area contributed by atoms with E-state index in [-0.39, 0.29) is 24.1 Å². The fourth-order valence-electron chi connectivity index (χ4n) is 4.06. The molecule has 178 valence electrons. The summed E-state index contributed by atoms with van der Waals surface area (Å²) in [6.45, 7) is 1.60. The molecular weight excluding hydrogens is 426 g/mol. The first-order chi connectivity index (χ1) is 15.9. The lowest BCUT2D eigenvalue weighted by Crippen LogP contribution is -2.43. The number of carbonyl (C=O) groups excluding carboxylic acids is 2. The van der Waals surface area contributed by atoms with Crippen LogP contribution >= 0.6 is 0 Å². The quantitative estimate of drug-likeness (QED) is 0.441. The second kappa shape index (κ2) is 11.5. The van der Waals surface area contributed by atoms with Crippen LogP contribution in [0.3, 0.4) is 0 Å². The van der Waals surface area contributed by atoms with Crippen molar-refractivity contribution in [2.45, 2.75) is 64.0 Å². The summed E-state index contributed by atoms with van der Waals surface area (Å²) in [6.07, 6.45) is 4.95. The van der Waals surface area contributed by atoms with Gasteiger partial charge in [-0.25, -0.2) is 9.36 Å². The number of hydrogen-bond donors (Lipinski definition) is 2. The van der Waals surface area contributed by atoms with Crippen LogP contribution in [-0.2, 0) is 16.1 Å². The van der Waals surface area contributed by atoms with E-state index in [9.17, 15) is 19.2 Å². The number of hydrogen-bond acceptors (Lipinski definition) is 6. The molecule has 33 heavy (non-hydrogen) atoms. The minimum Gasteiger partial charge on any atom is -0.486 e. The standard InChI is InChI=1S/C24H31N3O6/c1-3-4-14-33-21-20(26-24(31)27(23(21)30)15-19(28)32-2)22(29)25-18-12-10-17(11-13-18)16-8-6-5-7-9-16/h5-9,17-18H,3-4,10-15H2,1-2H3,(H,25,29)(H,26,31)/t17-,18+. The van der Waals surface area contributed by atoms with Crippen molar-refractivity contribution in [3.8, 4) is 5.75 Å². The van der Waals surface area contributed by atoms with Gasteiger partial charge in [-0.05, 0) is 43.6 Å². The number of aromatic nitrogens is 2. The zero-order valence-corrected chi connectivity index (χ0v) is 19.1. The Kier molecular flexibility index (Phi) is 8.46. The monoisotopic (exact) mass is 457 g/mol. The van der Waals surface area contributed by atoms with E-state index < -0.39 is 29.7 Å². The SMILES string of the molecule is CCCCOc1c(C(=O)N[C@H]2CC[C@@H](c3ccccc3)CC2)[nH]c(=O)n(CC(=O)OC)c1=O. The first kappa shape index (κ1) is 24.3. The summed E-state index contributed by atoms with van der Waals surface area (Å²) in [7, 11) is 1.16. The van der Waals surface area contributed by atoms with E-state index in [0.29, 0.717) is 16.9 Å². The molecule has 1 heterocycles. The van der Waals surface area contributed by atoms with Crippen LogP contribution in [0.1, 0.15) is 67.4 Å². The Labute approximate surface area is 192 Å². The van der Waals surface area contributed by atoms with Gasteiger partial charge in [-0.3, -0.25) is 19.4 Å². The number of nitrogens with one attached hydrogen (secondary N) is 2. The molecule has 1 aromatic heterocycles. The smallest absolute Gasteiger partial charge is 0.329 e. The van der Waals surface area contributed by atoms with Gasteiger partial charge in [0.2, 0.25) is 5.75 Å². The van der Waals surface area contributed by atoms with Crippen molar-refractivity contribution in [3.63, 3.8) is 0 Å². The molecule has 2 N–H and O–H groups in total. The largest absolute Gasteiger partial charge is 0.486 e. The minimum atomic E-state index is -0.869. The molecule has 2 aromatic rings. The average molecular weight is 458 g/mol. The van der Waals surface area contributed by atoms with E-state index in [1.165, 1.54) is 5.56 Å². The number of carbonyl (C=O) groups is 2. The summed E-state index contributed by atoms with van der Waals surface area (Å²) in [5.74, 6) is -1.13. The maximum Gasteiger partial charge on any atom is 0.329 e. The van der Waals surface area contributed by atoms with Gasteiger partial charge in [0.1, 0.15) is 6.54 Å². The van der Waals surface area contributed by atoms with E-state index in [0.717, 1.165) is 39.2 Å². The van der Waals surface area contributed by atoms with E-state index in [1.54, 1.807) is 0 Å². The van der Waals surface area contributed by atoms with Crippen LogP contribution in [0, 0.1) is 0 Å². The van der Waals surface area contributed by atoms with E-state index in [1.807, 2.05) is 25.1 Å². The van der Waals surface area contributed by atoms with Gasteiger partial charge in [0.15, 0.2) is 5.69 Å². The zero-order chi connectivity index (χ0) is 23.8. The minimum absolute atomic E-state index is 0.0676. The van der Waals surface area contributed by atoms with Gasteiger partial charge in [0.05, 0.1) is 13.7 Å². The van der Waals surface area contributed by atoms with Crippen molar-refractivity contribution in [3.05, 3.63) is 62.4 Å². The highest BCUT2D eigenvalue weighted by Crippen LogP contribution is 2.32. The Balaban J connectivity index is 1.76. The molecular formula is C24H31N3O6. The van der Waals surface area contributed by atoms with Crippen molar-refractivity contribution in [1.82, 2.24) is 14.9 Å². The van der Waals surface area contributed by atoms with Gasteiger partial charge in [-0.15, -0.1) is 0 Å². The van der Waals surface area contributed by atoms with Gasteiger partial charge in [0, 0.05) is 6.04 Å². The summed E-state index contributed by atoms with van der Waals surface area (Å²) in [4.78, 5) is 52.4. The Hall–Kier alpha value is -3.36. The Morgan fingerprint density at radius 3 is 2.45 bits per heavy atom. The van der Waals surface area contributed by atoms with Crippen LogP contribution in [0.5, 0.6) is 5.75 Å². The second-order valence-electron chi connectivity index (χ2n) is 8.24. The van der Waals surface area contributed by atoms with Crippen molar-refractivity contribution in [2.24, 2.45) is 0 Å². The molecule has 9 heteroatoms. The van der Waals surface area contributed by atoms with Crippen molar-refractivity contribution in [2.75, 3.05) is 13.7 Å². The highest BCUT2D eigenvalue weighted by Gasteiger charge is 2.27. The normalized spacial score (nSPS) is 17.9. The molecule has 0 saturated heterocycles. The number of aromatic amines is 1.